The number of benzene rings is 1. The molecular weight excluding hydrogens is 386 g/mol. The summed E-state index contributed by atoms with van der Waals surface area (Å²) in [6, 6.07) is 4.96. The molecule has 0 aliphatic carbocycles. The van der Waals surface area contributed by atoms with E-state index in [1.54, 1.807) is 6.07 Å². The van der Waals surface area contributed by atoms with Crippen LogP contribution in [0.15, 0.2) is 22.7 Å². The predicted molar refractivity (Wildman–Crippen MR) is 93.6 cm³/mol. The van der Waals surface area contributed by atoms with Crippen molar-refractivity contribution in [3.8, 4) is 0 Å². The number of hydrogen-bond acceptors (Lipinski definition) is 6. The van der Waals surface area contributed by atoms with Gasteiger partial charge in [0, 0.05) is 54.2 Å². The van der Waals surface area contributed by atoms with E-state index in [0.29, 0.717) is 11.0 Å². The molecule has 2 rings (SSSR count). The second kappa shape index (κ2) is 7.59. The van der Waals surface area contributed by atoms with Crippen LogP contribution in [0, 0.1) is 10.1 Å². The largest absolute Gasteiger partial charge is 0.381 e. The fourth-order valence-corrected chi connectivity index (χ4v) is 3.62. The number of nitrogens with zero attached hydrogens (tertiary/aromatic N) is 2. The minimum absolute atomic E-state index is 0.0537. The lowest BCUT2D eigenvalue weighted by molar-refractivity contribution is -0.384. The first kappa shape index (κ1) is 18.2. The monoisotopic (exact) mass is 405 g/mol. The van der Waals surface area contributed by atoms with Crippen molar-refractivity contribution < 1.29 is 13.3 Å². The molecule has 1 heterocycles. The number of anilines is 1. The Morgan fingerprint density at radius 2 is 2.04 bits per heavy atom. The number of sulfone groups is 1. The number of likely N-dealkylation sites (tertiary alicyclic amines) is 1. The highest BCUT2D eigenvalue weighted by atomic mass is 79.9. The molecule has 1 aromatic rings. The SMILES string of the molecule is CS(=O)(=O)CCN1CCC(Nc2ccc([N+](=O)[O-])cc2Br)CC1. The van der Waals surface area contributed by atoms with Crippen molar-refractivity contribution >= 4 is 37.1 Å². The van der Waals surface area contributed by atoms with Gasteiger partial charge in [0.1, 0.15) is 9.84 Å². The minimum Gasteiger partial charge on any atom is -0.381 e. The third-order valence-electron chi connectivity index (χ3n) is 3.89. The van der Waals surface area contributed by atoms with Gasteiger partial charge in [0.25, 0.3) is 5.69 Å². The topological polar surface area (TPSA) is 92.6 Å². The first-order valence-electron chi connectivity index (χ1n) is 7.35. The van der Waals surface area contributed by atoms with Gasteiger partial charge in [-0.05, 0) is 34.8 Å². The first-order valence-corrected chi connectivity index (χ1v) is 10.2. The van der Waals surface area contributed by atoms with Crippen molar-refractivity contribution in [1.82, 2.24) is 4.90 Å². The Bertz CT molecular complexity index is 673. The number of piperidine rings is 1. The smallest absolute Gasteiger partial charge is 0.270 e. The summed E-state index contributed by atoms with van der Waals surface area (Å²) in [7, 11) is -2.92. The van der Waals surface area contributed by atoms with Crippen molar-refractivity contribution in [1.29, 1.82) is 0 Å². The summed E-state index contributed by atoms with van der Waals surface area (Å²) >= 11 is 3.36. The lowest BCUT2D eigenvalue weighted by Crippen LogP contribution is -2.41. The van der Waals surface area contributed by atoms with Gasteiger partial charge in [-0.1, -0.05) is 0 Å². The van der Waals surface area contributed by atoms with Crippen LogP contribution < -0.4 is 5.32 Å². The summed E-state index contributed by atoms with van der Waals surface area (Å²) in [6.45, 7) is 2.27. The molecule has 128 valence electrons. The van der Waals surface area contributed by atoms with Gasteiger partial charge in [-0.3, -0.25) is 10.1 Å². The third kappa shape index (κ3) is 5.74. The lowest BCUT2D eigenvalue weighted by Gasteiger charge is -2.32. The molecule has 9 heteroatoms. The van der Waals surface area contributed by atoms with Crippen LogP contribution in [0.25, 0.3) is 0 Å². The molecule has 0 atom stereocenters. The molecule has 0 bridgehead atoms. The van der Waals surface area contributed by atoms with E-state index in [4.69, 9.17) is 0 Å². The van der Waals surface area contributed by atoms with Crippen molar-refractivity contribution in [2.24, 2.45) is 0 Å². The predicted octanol–water partition coefficient (Wildman–Crippen LogP) is 2.28. The van der Waals surface area contributed by atoms with E-state index in [1.807, 2.05) is 0 Å². The molecule has 0 aromatic heterocycles. The number of hydrogen-bond donors (Lipinski definition) is 1. The fraction of sp³-hybridized carbons (Fsp3) is 0.571. The van der Waals surface area contributed by atoms with Gasteiger partial charge in [-0.2, -0.15) is 0 Å². The van der Waals surface area contributed by atoms with E-state index in [0.717, 1.165) is 31.6 Å². The van der Waals surface area contributed by atoms with Crippen molar-refractivity contribution in [2.45, 2.75) is 18.9 Å². The molecule has 1 N–H and O–H groups in total. The van der Waals surface area contributed by atoms with E-state index in [2.05, 4.69) is 26.1 Å². The van der Waals surface area contributed by atoms with Gasteiger partial charge in [-0.25, -0.2) is 8.42 Å². The first-order chi connectivity index (χ1) is 10.7. The molecule has 0 amide bonds. The maximum atomic E-state index is 11.2. The number of nitro groups is 1. The van der Waals surface area contributed by atoms with Crippen molar-refractivity contribution in [3.05, 3.63) is 32.8 Å². The molecule has 23 heavy (non-hydrogen) atoms. The molecule has 0 spiro atoms. The summed E-state index contributed by atoms with van der Waals surface area (Å²) in [5.74, 6) is 0.193. The Morgan fingerprint density at radius 1 is 1.39 bits per heavy atom. The quantitative estimate of drug-likeness (QED) is 0.576. The van der Waals surface area contributed by atoms with Gasteiger partial charge in [0.2, 0.25) is 0 Å². The average molecular weight is 406 g/mol. The summed E-state index contributed by atoms with van der Waals surface area (Å²) in [5.41, 5.74) is 0.892. The molecule has 1 fully saturated rings. The zero-order valence-electron chi connectivity index (χ0n) is 12.9. The minimum atomic E-state index is -2.92. The highest BCUT2D eigenvalue weighted by Gasteiger charge is 2.21. The van der Waals surface area contributed by atoms with E-state index >= 15 is 0 Å². The average Bonchev–Trinajstić information content (AvgIpc) is 2.47. The van der Waals surface area contributed by atoms with Crippen LogP contribution >= 0.6 is 15.9 Å². The van der Waals surface area contributed by atoms with E-state index in [-0.39, 0.29) is 17.5 Å². The zero-order chi connectivity index (χ0) is 17.0. The summed E-state index contributed by atoms with van der Waals surface area (Å²) in [5, 5.41) is 14.1. The molecule has 1 aliphatic rings. The Morgan fingerprint density at radius 3 is 2.57 bits per heavy atom. The molecule has 1 aliphatic heterocycles. The fourth-order valence-electron chi connectivity index (χ4n) is 2.55. The van der Waals surface area contributed by atoms with Crippen LogP contribution in [-0.4, -0.2) is 55.9 Å². The van der Waals surface area contributed by atoms with Crippen LogP contribution in [0.4, 0.5) is 11.4 Å². The summed E-state index contributed by atoms with van der Waals surface area (Å²) < 4.78 is 23.1. The molecule has 0 saturated carbocycles. The van der Waals surface area contributed by atoms with Gasteiger partial charge in [0.05, 0.1) is 10.7 Å². The maximum absolute atomic E-state index is 11.2. The maximum Gasteiger partial charge on any atom is 0.270 e. The van der Waals surface area contributed by atoms with Crippen LogP contribution in [0.2, 0.25) is 0 Å². The van der Waals surface area contributed by atoms with E-state index < -0.39 is 14.8 Å². The molecule has 1 saturated heterocycles. The number of nitrogens with one attached hydrogen (secondary N) is 1. The molecule has 0 unspecified atom stereocenters. The van der Waals surface area contributed by atoms with Crippen LogP contribution in [-0.2, 0) is 9.84 Å². The number of nitro benzene ring substituents is 1. The second-order valence-corrected chi connectivity index (χ2v) is 8.93. The zero-order valence-corrected chi connectivity index (χ0v) is 15.3. The Hall–Kier alpha value is -1.19. The van der Waals surface area contributed by atoms with Gasteiger partial charge >= 0.3 is 0 Å². The Kier molecular flexibility index (Phi) is 5.99. The highest BCUT2D eigenvalue weighted by molar-refractivity contribution is 9.10. The third-order valence-corrected chi connectivity index (χ3v) is 5.47. The summed E-state index contributed by atoms with van der Waals surface area (Å²) in [6.07, 6.45) is 3.08. The second-order valence-electron chi connectivity index (χ2n) is 5.81. The molecular formula is C14H20BrN3O4S. The highest BCUT2D eigenvalue weighted by Crippen LogP contribution is 2.28. The molecule has 1 aromatic carbocycles. The molecule has 0 radical (unpaired) electrons. The van der Waals surface area contributed by atoms with Crippen LogP contribution in [0.3, 0.4) is 0 Å². The normalized spacial score (nSPS) is 17.1. The number of halogens is 1. The van der Waals surface area contributed by atoms with Crippen molar-refractivity contribution in [3.63, 3.8) is 0 Å². The molecule has 7 nitrogen and oxygen atoms in total. The lowest BCUT2D eigenvalue weighted by atomic mass is 10.0. The Labute approximate surface area is 144 Å². The van der Waals surface area contributed by atoms with Gasteiger partial charge in [0.15, 0.2) is 0 Å². The van der Waals surface area contributed by atoms with E-state index in [9.17, 15) is 18.5 Å². The van der Waals surface area contributed by atoms with Crippen LogP contribution in [0.5, 0.6) is 0 Å². The standard InChI is InChI=1S/C14H20BrN3O4S/c1-23(21,22)9-8-17-6-4-11(5-7-17)16-14-3-2-12(18(19)20)10-13(14)15/h2-3,10-11,16H,4-9H2,1H3. The van der Waals surface area contributed by atoms with Gasteiger partial charge in [-0.15, -0.1) is 0 Å². The van der Waals surface area contributed by atoms with E-state index in [1.165, 1.54) is 18.4 Å². The van der Waals surface area contributed by atoms with Crippen LogP contribution in [0.1, 0.15) is 12.8 Å². The summed E-state index contributed by atoms with van der Waals surface area (Å²) in [4.78, 5) is 12.5. The Balaban J connectivity index is 1.86. The van der Waals surface area contributed by atoms with Gasteiger partial charge < -0.3 is 10.2 Å². The number of non-ortho nitro benzene ring substituents is 1. The number of rotatable bonds is 6. The van der Waals surface area contributed by atoms with Crippen molar-refractivity contribution in [2.75, 3.05) is 37.0 Å².